The van der Waals surface area contributed by atoms with Crippen LogP contribution >= 0.6 is 0 Å². The van der Waals surface area contributed by atoms with Crippen molar-refractivity contribution in [3.8, 4) is 11.5 Å². The number of benzene rings is 1. The molecule has 3 aromatic rings. The zero-order chi connectivity index (χ0) is 20.7. The number of fused-ring (bicyclic) bond motifs is 2. The van der Waals surface area contributed by atoms with Crippen LogP contribution in [0.4, 0.5) is 5.82 Å². The Kier molecular flexibility index (Phi) is 4.98. The molecule has 0 unspecified atom stereocenters. The lowest BCUT2D eigenvalue weighted by Crippen LogP contribution is -2.38. The largest absolute Gasteiger partial charge is 0.454 e. The smallest absolute Gasteiger partial charge is 0.231 e. The van der Waals surface area contributed by atoms with Crippen molar-refractivity contribution in [2.24, 2.45) is 5.92 Å². The molecule has 2 aliphatic heterocycles. The Morgan fingerprint density at radius 2 is 2.07 bits per heavy atom. The Bertz CT molecular complexity index is 1060. The van der Waals surface area contributed by atoms with Crippen LogP contribution in [0.2, 0.25) is 0 Å². The average Bonchev–Trinajstić information content (AvgIpc) is 3.33. The van der Waals surface area contributed by atoms with Gasteiger partial charge < -0.3 is 20.1 Å². The fraction of sp³-hybridized carbons (Fsp3) is 0.478. The van der Waals surface area contributed by atoms with Crippen molar-refractivity contribution in [1.82, 2.24) is 19.5 Å². The van der Waals surface area contributed by atoms with E-state index < -0.39 is 0 Å². The van der Waals surface area contributed by atoms with Crippen molar-refractivity contribution in [2.45, 2.75) is 39.0 Å². The summed E-state index contributed by atoms with van der Waals surface area (Å²) in [6, 6.07) is 10.3. The molecule has 1 saturated heterocycles. The van der Waals surface area contributed by atoms with E-state index in [4.69, 9.17) is 20.2 Å². The van der Waals surface area contributed by atoms with Gasteiger partial charge in [0.15, 0.2) is 17.1 Å². The minimum atomic E-state index is 0.326. The Morgan fingerprint density at radius 3 is 2.97 bits per heavy atom. The van der Waals surface area contributed by atoms with Crippen molar-refractivity contribution < 1.29 is 9.47 Å². The second-order valence-electron chi connectivity index (χ2n) is 8.76. The molecular formula is C23H29N5O2. The highest BCUT2D eigenvalue weighted by Crippen LogP contribution is 2.33. The summed E-state index contributed by atoms with van der Waals surface area (Å²) in [6.07, 6.45) is 3.37. The van der Waals surface area contributed by atoms with E-state index in [1.807, 2.05) is 25.1 Å². The lowest BCUT2D eigenvalue weighted by Gasteiger charge is -2.34. The van der Waals surface area contributed by atoms with Gasteiger partial charge in [0.1, 0.15) is 5.82 Å². The summed E-state index contributed by atoms with van der Waals surface area (Å²) in [4.78, 5) is 7.44. The van der Waals surface area contributed by atoms with Crippen LogP contribution in [0.25, 0.3) is 5.65 Å². The van der Waals surface area contributed by atoms with Crippen molar-refractivity contribution in [3.63, 3.8) is 0 Å². The summed E-state index contributed by atoms with van der Waals surface area (Å²) in [5.41, 5.74) is 10.4. The lowest BCUT2D eigenvalue weighted by molar-refractivity contribution is 0.174. The van der Waals surface area contributed by atoms with E-state index >= 15 is 0 Å². The molecule has 158 valence electrons. The molecular weight excluding hydrogens is 378 g/mol. The predicted molar refractivity (Wildman–Crippen MR) is 116 cm³/mol. The molecule has 2 atom stereocenters. The van der Waals surface area contributed by atoms with Gasteiger partial charge >= 0.3 is 0 Å². The summed E-state index contributed by atoms with van der Waals surface area (Å²) < 4.78 is 12.7. The summed E-state index contributed by atoms with van der Waals surface area (Å²) in [7, 11) is 0. The highest BCUT2D eigenvalue weighted by atomic mass is 16.7. The minimum absolute atomic E-state index is 0.326. The summed E-state index contributed by atoms with van der Waals surface area (Å²) >= 11 is 0. The highest BCUT2D eigenvalue weighted by molar-refractivity contribution is 5.49. The molecule has 5 rings (SSSR count). The number of piperidine rings is 1. The molecule has 7 heteroatoms. The zero-order valence-electron chi connectivity index (χ0n) is 17.7. The SMILES string of the molecule is Cc1cc2nc([C@H]3CCCN(C[C@H](C)Cc4ccc5c(c4)OCO5)C3)cc(N)n2n1. The highest BCUT2D eigenvalue weighted by Gasteiger charge is 2.25. The molecule has 2 aliphatic rings. The number of ether oxygens (including phenoxy) is 2. The summed E-state index contributed by atoms with van der Waals surface area (Å²) in [5, 5.41) is 4.42. The first-order valence-corrected chi connectivity index (χ1v) is 10.8. The van der Waals surface area contributed by atoms with E-state index in [9.17, 15) is 0 Å². The van der Waals surface area contributed by atoms with E-state index in [-0.39, 0.29) is 0 Å². The number of aromatic nitrogens is 3. The van der Waals surface area contributed by atoms with Gasteiger partial charge in [0.25, 0.3) is 0 Å². The standard InChI is InChI=1S/C23H29N5O2/c1-15(8-17-5-6-20-21(10-17)30-14-29-20)12-27-7-3-4-18(13-27)19-11-22(24)28-23(25-19)9-16(2)26-28/h5-6,9-11,15,18H,3-4,7-8,12-14,24H2,1-2H3/t15-,18+/m1/s1. The monoisotopic (exact) mass is 407 g/mol. The van der Waals surface area contributed by atoms with Crippen LogP contribution in [0, 0.1) is 12.8 Å². The van der Waals surface area contributed by atoms with Crippen LogP contribution < -0.4 is 15.2 Å². The third kappa shape index (κ3) is 3.81. The maximum atomic E-state index is 6.24. The summed E-state index contributed by atoms with van der Waals surface area (Å²) in [6.45, 7) is 7.87. The minimum Gasteiger partial charge on any atom is -0.454 e. The Labute approximate surface area is 176 Å². The zero-order valence-corrected chi connectivity index (χ0v) is 17.7. The van der Waals surface area contributed by atoms with Gasteiger partial charge in [0.2, 0.25) is 6.79 Å². The van der Waals surface area contributed by atoms with Crippen molar-refractivity contribution in [3.05, 3.63) is 47.3 Å². The molecule has 2 N–H and O–H groups in total. The second kappa shape index (κ2) is 7.80. The van der Waals surface area contributed by atoms with Gasteiger partial charge in [-0.15, -0.1) is 0 Å². The molecule has 1 fully saturated rings. The van der Waals surface area contributed by atoms with Gasteiger partial charge in [-0.25, -0.2) is 4.98 Å². The normalized spacial score (nSPS) is 20.0. The Hall–Kier alpha value is -2.80. The number of aryl methyl sites for hydroxylation is 1. The molecule has 2 aromatic heterocycles. The van der Waals surface area contributed by atoms with Crippen LogP contribution in [0.1, 0.15) is 42.6 Å². The Balaban J connectivity index is 1.24. The van der Waals surface area contributed by atoms with Gasteiger partial charge in [0, 0.05) is 31.1 Å². The molecule has 1 aromatic carbocycles. The quantitative estimate of drug-likeness (QED) is 0.698. The van der Waals surface area contributed by atoms with E-state index in [1.54, 1.807) is 4.52 Å². The second-order valence-corrected chi connectivity index (χ2v) is 8.76. The number of nitrogens with zero attached hydrogens (tertiary/aromatic N) is 4. The number of likely N-dealkylation sites (tertiary alicyclic amines) is 1. The van der Waals surface area contributed by atoms with Crippen molar-refractivity contribution >= 4 is 11.5 Å². The van der Waals surface area contributed by atoms with Crippen LogP contribution in [0.15, 0.2) is 30.3 Å². The summed E-state index contributed by atoms with van der Waals surface area (Å²) in [5.74, 6) is 3.35. The number of rotatable bonds is 5. The van der Waals surface area contributed by atoms with Crippen LogP contribution in [-0.4, -0.2) is 45.9 Å². The van der Waals surface area contributed by atoms with Crippen LogP contribution in [0.3, 0.4) is 0 Å². The van der Waals surface area contributed by atoms with Crippen LogP contribution in [-0.2, 0) is 6.42 Å². The maximum Gasteiger partial charge on any atom is 0.231 e. The van der Waals surface area contributed by atoms with Crippen molar-refractivity contribution in [1.29, 1.82) is 0 Å². The van der Waals surface area contributed by atoms with Gasteiger partial charge in [0.05, 0.1) is 11.4 Å². The first-order chi connectivity index (χ1) is 14.5. The van der Waals surface area contributed by atoms with Gasteiger partial charge in [-0.2, -0.15) is 9.61 Å². The Morgan fingerprint density at radius 1 is 1.20 bits per heavy atom. The van der Waals surface area contributed by atoms with E-state index in [0.717, 1.165) is 61.0 Å². The van der Waals surface area contributed by atoms with E-state index in [2.05, 4.69) is 29.1 Å². The molecule has 0 amide bonds. The van der Waals surface area contributed by atoms with Gasteiger partial charge in [-0.3, -0.25) is 0 Å². The topological polar surface area (TPSA) is 77.9 Å². The number of anilines is 1. The van der Waals surface area contributed by atoms with Gasteiger partial charge in [-0.1, -0.05) is 13.0 Å². The molecule has 30 heavy (non-hydrogen) atoms. The van der Waals surface area contributed by atoms with E-state index in [0.29, 0.717) is 24.4 Å². The molecule has 0 spiro atoms. The lowest BCUT2D eigenvalue weighted by atomic mass is 9.92. The fourth-order valence-electron chi connectivity index (χ4n) is 4.78. The molecule has 0 aliphatic carbocycles. The van der Waals surface area contributed by atoms with Crippen molar-refractivity contribution in [2.75, 3.05) is 32.2 Å². The molecule has 7 nitrogen and oxygen atoms in total. The number of nitrogen functional groups attached to an aromatic ring is 1. The van der Waals surface area contributed by atoms with Gasteiger partial charge in [-0.05, 0) is 56.3 Å². The van der Waals surface area contributed by atoms with E-state index in [1.165, 1.54) is 12.0 Å². The average molecular weight is 408 g/mol. The van der Waals surface area contributed by atoms with Crippen LogP contribution in [0.5, 0.6) is 11.5 Å². The molecule has 0 radical (unpaired) electrons. The fourth-order valence-corrected chi connectivity index (χ4v) is 4.78. The third-order valence-corrected chi connectivity index (χ3v) is 6.11. The predicted octanol–water partition coefficient (Wildman–Crippen LogP) is 3.41. The number of hydrogen-bond donors (Lipinski definition) is 1. The maximum absolute atomic E-state index is 6.24. The molecule has 0 saturated carbocycles. The first-order valence-electron chi connectivity index (χ1n) is 10.8. The third-order valence-electron chi connectivity index (χ3n) is 6.11. The molecule has 4 heterocycles. The first kappa shape index (κ1) is 19.2. The molecule has 0 bridgehead atoms. The number of nitrogens with two attached hydrogens (primary N) is 1. The number of hydrogen-bond acceptors (Lipinski definition) is 6.